The molecule has 0 saturated carbocycles. The number of carbonyl (C=O) groups excluding carboxylic acids is 2. The maximum atomic E-state index is 12.1. The number of ether oxygens (including phenoxy) is 2. The molecule has 1 aromatic carbocycles. The van der Waals surface area contributed by atoms with Crippen molar-refractivity contribution in [3.63, 3.8) is 0 Å². The standard InChI is InChI=1S/C17H18O5/c1-21-13-9-16(20)14(17(10-13)22-2)7-8-15(19)11-3-5-12(18)6-4-11/h3,7-10,20H,4-6H2,1-2H3. The first-order valence-electron chi connectivity index (χ1n) is 6.93. The van der Waals surface area contributed by atoms with Gasteiger partial charge in [-0.1, -0.05) is 6.08 Å². The lowest BCUT2D eigenvalue weighted by Gasteiger charge is -2.10. The SMILES string of the molecule is COc1cc(O)c(C=CC(=O)C2=CCC(=O)CC2)c(OC)c1. The highest BCUT2D eigenvalue weighted by Gasteiger charge is 2.15. The van der Waals surface area contributed by atoms with E-state index >= 15 is 0 Å². The predicted molar refractivity (Wildman–Crippen MR) is 82.2 cm³/mol. The second-order valence-corrected chi connectivity index (χ2v) is 4.93. The first kappa shape index (κ1) is 15.8. The van der Waals surface area contributed by atoms with Gasteiger partial charge in [-0.15, -0.1) is 0 Å². The highest BCUT2D eigenvalue weighted by Crippen LogP contribution is 2.34. The zero-order chi connectivity index (χ0) is 16.1. The fourth-order valence-electron chi connectivity index (χ4n) is 2.25. The summed E-state index contributed by atoms with van der Waals surface area (Å²) in [4.78, 5) is 23.3. The van der Waals surface area contributed by atoms with E-state index in [2.05, 4.69) is 0 Å². The Morgan fingerprint density at radius 3 is 2.59 bits per heavy atom. The van der Waals surface area contributed by atoms with Gasteiger partial charge in [-0.25, -0.2) is 0 Å². The van der Waals surface area contributed by atoms with Crippen molar-refractivity contribution in [2.45, 2.75) is 19.3 Å². The van der Waals surface area contributed by atoms with Crippen molar-refractivity contribution >= 4 is 17.6 Å². The molecule has 1 aliphatic rings. The van der Waals surface area contributed by atoms with E-state index in [1.165, 1.54) is 32.4 Å². The Labute approximate surface area is 128 Å². The normalized spacial score (nSPS) is 14.8. The van der Waals surface area contributed by atoms with Crippen LogP contribution in [0, 0.1) is 0 Å². The minimum atomic E-state index is -0.162. The highest BCUT2D eigenvalue weighted by atomic mass is 16.5. The molecule has 0 aromatic heterocycles. The quantitative estimate of drug-likeness (QED) is 0.847. The maximum absolute atomic E-state index is 12.1. The summed E-state index contributed by atoms with van der Waals surface area (Å²) >= 11 is 0. The highest BCUT2D eigenvalue weighted by molar-refractivity contribution is 6.07. The lowest BCUT2D eigenvalue weighted by atomic mass is 9.95. The zero-order valence-corrected chi connectivity index (χ0v) is 12.6. The van der Waals surface area contributed by atoms with E-state index < -0.39 is 0 Å². The third kappa shape index (κ3) is 3.55. The largest absolute Gasteiger partial charge is 0.507 e. The number of benzene rings is 1. The molecule has 0 saturated heterocycles. The summed E-state index contributed by atoms with van der Waals surface area (Å²) in [6, 6.07) is 3.08. The van der Waals surface area contributed by atoms with E-state index in [1.807, 2.05) is 0 Å². The van der Waals surface area contributed by atoms with Crippen molar-refractivity contribution in [1.82, 2.24) is 0 Å². The van der Waals surface area contributed by atoms with Gasteiger partial charge in [0.05, 0.1) is 19.8 Å². The number of ketones is 2. The van der Waals surface area contributed by atoms with Crippen LogP contribution in [0.25, 0.3) is 6.08 Å². The van der Waals surface area contributed by atoms with Gasteiger partial charge in [0.2, 0.25) is 0 Å². The van der Waals surface area contributed by atoms with Crippen LogP contribution in [0.2, 0.25) is 0 Å². The van der Waals surface area contributed by atoms with Crippen molar-refractivity contribution in [2.75, 3.05) is 14.2 Å². The molecule has 1 aliphatic carbocycles. The molecule has 0 heterocycles. The number of phenolic OH excluding ortho intramolecular Hbond substituents is 1. The van der Waals surface area contributed by atoms with Gasteiger partial charge in [0, 0.05) is 25.0 Å². The third-order valence-electron chi connectivity index (χ3n) is 3.52. The number of hydrogen-bond acceptors (Lipinski definition) is 5. The smallest absolute Gasteiger partial charge is 0.181 e. The Hall–Kier alpha value is -2.56. The number of phenols is 1. The van der Waals surface area contributed by atoms with Crippen LogP contribution in [-0.2, 0) is 9.59 Å². The summed E-state index contributed by atoms with van der Waals surface area (Å²) in [6.45, 7) is 0. The molecule has 2 rings (SSSR count). The van der Waals surface area contributed by atoms with Gasteiger partial charge in [0.15, 0.2) is 5.78 Å². The predicted octanol–water partition coefficient (Wildman–Crippen LogP) is 2.67. The van der Waals surface area contributed by atoms with Crippen LogP contribution in [0.1, 0.15) is 24.8 Å². The molecule has 0 atom stereocenters. The van der Waals surface area contributed by atoms with Gasteiger partial charge in [-0.3, -0.25) is 9.59 Å². The minimum Gasteiger partial charge on any atom is -0.507 e. The van der Waals surface area contributed by atoms with Crippen LogP contribution in [-0.4, -0.2) is 30.9 Å². The summed E-state index contributed by atoms with van der Waals surface area (Å²) in [6.07, 6.45) is 5.74. The van der Waals surface area contributed by atoms with Crippen molar-refractivity contribution < 1.29 is 24.2 Å². The molecule has 0 fully saturated rings. The number of rotatable bonds is 5. The van der Waals surface area contributed by atoms with E-state index in [0.717, 1.165) is 0 Å². The summed E-state index contributed by atoms with van der Waals surface area (Å²) in [7, 11) is 2.97. The molecule has 1 N–H and O–H groups in total. The fourth-order valence-corrected chi connectivity index (χ4v) is 2.25. The average molecular weight is 302 g/mol. The van der Waals surface area contributed by atoms with Crippen LogP contribution in [0.3, 0.4) is 0 Å². The van der Waals surface area contributed by atoms with Crippen molar-refractivity contribution in [3.05, 3.63) is 35.4 Å². The molecule has 1 aromatic rings. The lowest BCUT2D eigenvalue weighted by molar-refractivity contribution is -0.118. The van der Waals surface area contributed by atoms with Gasteiger partial charge in [-0.05, 0) is 24.1 Å². The molecule has 0 radical (unpaired) electrons. The second kappa shape index (κ2) is 6.93. The summed E-state index contributed by atoms with van der Waals surface area (Å²) in [5.74, 6) is 0.827. The molecule has 116 valence electrons. The minimum absolute atomic E-state index is 0.0342. The fraction of sp³-hybridized carbons (Fsp3) is 0.294. The van der Waals surface area contributed by atoms with E-state index in [4.69, 9.17) is 9.47 Å². The molecule has 5 nitrogen and oxygen atoms in total. The Morgan fingerprint density at radius 2 is 2.00 bits per heavy atom. The first-order valence-corrected chi connectivity index (χ1v) is 6.93. The lowest BCUT2D eigenvalue weighted by Crippen LogP contribution is -2.08. The van der Waals surface area contributed by atoms with Crippen LogP contribution in [0.15, 0.2) is 29.9 Å². The molecule has 0 unspecified atom stereocenters. The van der Waals surface area contributed by atoms with Crippen LogP contribution in [0.5, 0.6) is 17.2 Å². The molecule has 0 spiro atoms. The van der Waals surface area contributed by atoms with E-state index in [0.29, 0.717) is 41.9 Å². The number of Topliss-reactive ketones (excluding diaryl/α,β-unsaturated/α-hetero) is 1. The Morgan fingerprint density at radius 1 is 1.23 bits per heavy atom. The Kier molecular flexibility index (Phi) is 4.99. The van der Waals surface area contributed by atoms with Crippen LogP contribution in [0.4, 0.5) is 0 Å². The number of hydrogen-bond donors (Lipinski definition) is 1. The van der Waals surface area contributed by atoms with Gasteiger partial charge in [0.1, 0.15) is 23.0 Å². The van der Waals surface area contributed by atoms with Gasteiger partial charge in [-0.2, -0.15) is 0 Å². The molecule has 0 aliphatic heterocycles. The summed E-state index contributed by atoms with van der Waals surface area (Å²) in [5, 5.41) is 10.0. The molecular weight excluding hydrogens is 284 g/mol. The molecule has 0 bridgehead atoms. The maximum Gasteiger partial charge on any atom is 0.181 e. The van der Waals surface area contributed by atoms with E-state index in [1.54, 1.807) is 12.1 Å². The Balaban J connectivity index is 2.23. The first-order chi connectivity index (χ1) is 10.5. The van der Waals surface area contributed by atoms with Crippen molar-refractivity contribution in [3.8, 4) is 17.2 Å². The average Bonchev–Trinajstić information content (AvgIpc) is 2.53. The van der Waals surface area contributed by atoms with E-state index in [-0.39, 0.29) is 17.3 Å². The zero-order valence-electron chi connectivity index (χ0n) is 12.6. The number of carbonyl (C=O) groups is 2. The third-order valence-corrected chi connectivity index (χ3v) is 3.52. The molecule has 22 heavy (non-hydrogen) atoms. The molecule has 5 heteroatoms. The molecule has 0 amide bonds. The van der Waals surface area contributed by atoms with Gasteiger partial charge >= 0.3 is 0 Å². The van der Waals surface area contributed by atoms with Crippen molar-refractivity contribution in [1.29, 1.82) is 0 Å². The summed E-state index contributed by atoms with van der Waals surface area (Å²) < 4.78 is 10.2. The van der Waals surface area contributed by atoms with Crippen LogP contribution >= 0.6 is 0 Å². The van der Waals surface area contributed by atoms with Crippen molar-refractivity contribution in [2.24, 2.45) is 0 Å². The number of aromatic hydroxyl groups is 1. The van der Waals surface area contributed by atoms with Crippen LogP contribution < -0.4 is 9.47 Å². The number of allylic oxidation sites excluding steroid dienone is 3. The second-order valence-electron chi connectivity index (χ2n) is 4.93. The monoisotopic (exact) mass is 302 g/mol. The number of methoxy groups -OCH3 is 2. The molecular formula is C17H18O5. The summed E-state index contributed by atoms with van der Waals surface area (Å²) in [5.41, 5.74) is 1.03. The van der Waals surface area contributed by atoms with Gasteiger partial charge < -0.3 is 14.6 Å². The van der Waals surface area contributed by atoms with E-state index in [9.17, 15) is 14.7 Å². The topological polar surface area (TPSA) is 72.8 Å². The van der Waals surface area contributed by atoms with Gasteiger partial charge in [0.25, 0.3) is 0 Å². The Bertz CT molecular complexity index is 655.